The second kappa shape index (κ2) is 20.5. The van der Waals surface area contributed by atoms with Crippen LogP contribution in [-0.2, 0) is 38.1 Å². The number of rotatable bonds is 18. The number of benzene rings is 3. The number of hydrogen-bond acceptors (Lipinski definition) is 9. The fourth-order valence-corrected chi connectivity index (χ4v) is 12.2. The summed E-state index contributed by atoms with van der Waals surface area (Å²) in [6.07, 6.45) is 3.11. The zero-order valence-electron chi connectivity index (χ0n) is 32.1. The predicted octanol–water partition coefficient (Wildman–Crippen LogP) is 3.43. The van der Waals surface area contributed by atoms with E-state index in [1.807, 2.05) is 0 Å². The third-order valence-corrected chi connectivity index (χ3v) is 14.8. The van der Waals surface area contributed by atoms with E-state index in [0.29, 0.717) is 6.42 Å². The van der Waals surface area contributed by atoms with E-state index in [2.05, 4.69) is 102 Å². The number of carbonyl (C=O) groups is 5. The van der Waals surface area contributed by atoms with E-state index < -0.39 is 55.6 Å². The number of hydrogen-bond donors (Lipinski definition) is 2. The second-order valence-electron chi connectivity index (χ2n) is 13.7. The molecule has 1 fully saturated rings. The molecule has 0 spiro atoms. The molecule has 2 amide bonds. The van der Waals surface area contributed by atoms with Gasteiger partial charge in [-0.15, -0.1) is 0 Å². The normalized spacial score (nSPS) is 18.0. The summed E-state index contributed by atoms with van der Waals surface area (Å²) in [5.41, 5.74) is 0.276. The molecule has 1 aromatic heterocycles. The summed E-state index contributed by atoms with van der Waals surface area (Å²) in [4.78, 5) is 61.3. The topological polar surface area (TPSA) is 150 Å². The summed E-state index contributed by atoms with van der Waals surface area (Å²) >= 11 is 0. The van der Waals surface area contributed by atoms with Gasteiger partial charge in [-0.1, -0.05) is 0 Å². The number of unbranched alkanes of at least 4 members (excludes halogenated alkanes) is 2. The van der Waals surface area contributed by atoms with Crippen LogP contribution in [0.15, 0.2) is 116 Å². The standard InChI is InChI=1S/C43H50N3O9P/c1-31(47)52-30-38-40(53-32(2)48)41(54-33(3)49)43(55-38)46-27-16-17-34(29-46)42(51)45-26-25-44-39(50)24-14-7-15-28-56(35-18-8-4-9-19-35,36-20-10-5-11-21-36)37-22-12-6-13-23-37/h4-6,8-13,16-23,27,29,38,40-41,43,56H,7,14-15,24-26,28,30H2,1-3H3,(H-,44,45,50,51)/p+1/t38-,40-,41-,43-/m1/s1. The first-order chi connectivity index (χ1) is 27.1. The third-order valence-electron chi connectivity index (χ3n) is 9.71. The molecule has 3 aromatic carbocycles. The Balaban J connectivity index is 1.12. The first-order valence-corrected chi connectivity index (χ1v) is 21.1. The summed E-state index contributed by atoms with van der Waals surface area (Å²) in [6.45, 7) is 3.87. The fraction of sp³-hybridized carbons (Fsp3) is 0.349. The van der Waals surface area contributed by atoms with Crippen molar-refractivity contribution in [1.29, 1.82) is 0 Å². The Bertz CT molecular complexity index is 1830. The number of ether oxygens (including phenoxy) is 4. The van der Waals surface area contributed by atoms with E-state index in [-0.39, 0.29) is 31.2 Å². The summed E-state index contributed by atoms with van der Waals surface area (Å²) in [7, 11) is -2.31. The van der Waals surface area contributed by atoms with Gasteiger partial charge in [0.25, 0.3) is 0 Å². The van der Waals surface area contributed by atoms with Crippen molar-refractivity contribution in [2.45, 2.75) is 71.0 Å². The van der Waals surface area contributed by atoms with Crippen molar-refractivity contribution in [3.8, 4) is 0 Å². The van der Waals surface area contributed by atoms with Crippen molar-refractivity contribution in [2.75, 3.05) is 25.9 Å². The minimum atomic E-state index is -2.31. The maximum absolute atomic E-state index is 13.1. The van der Waals surface area contributed by atoms with Crippen LogP contribution in [0.2, 0.25) is 0 Å². The molecule has 1 saturated heterocycles. The Kier molecular flexibility index (Phi) is 15.2. The van der Waals surface area contributed by atoms with Crippen molar-refractivity contribution in [2.24, 2.45) is 0 Å². The number of pyridine rings is 1. The summed E-state index contributed by atoms with van der Waals surface area (Å²) in [5, 5.41) is 9.84. The maximum atomic E-state index is 13.1. The molecule has 1 aliphatic heterocycles. The van der Waals surface area contributed by atoms with Crippen LogP contribution in [0.25, 0.3) is 0 Å². The Morgan fingerprint density at radius 2 is 1.21 bits per heavy atom. The molecule has 296 valence electrons. The fourth-order valence-electron chi connectivity index (χ4n) is 7.24. The van der Waals surface area contributed by atoms with E-state index in [1.165, 1.54) is 47.4 Å². The van der Waals surface area contributed by atoms with Crippen molar-refractivity contribution in [1.82, 2.24) is 10.6 Å². The van der Waals surface area contributed by atoms with Crippen LogP contribution in [0.4, 0.5) is 0 Å². The quantitative estimate of drug-likeness (QED) is 0.0509. The molecule has 0 radical (unpaired) electrons. The van der Waals surface area contributed by atoms with Gasteiger partial charge in [-0.05, 0) is 6.07 Å². The zero-order valence-corrected chi connectivity index (χ0v) is 33.1. The molecule has 5 rings (SSSR count). The maximum Gasteiger partial charge on any atom is 0.303 e. The van der Waals surface area contributed by atoms with Crippen molar-refractivity contribution >= 4 is 52.9 Å². The summed E-state index contributed by atoms with van der Waals surface area (Å²) in [5.74, 6) is -2.30. The Morgan fingerprint density at radius 3 is 1.77 bits per heavy atom. The van der Waals surface area contributed by atoms with Gasteiger partial charge >= 0.3 is 221 Å². The first kappa shape index (κ1) is 41.7. The largest absolute Gasteiger partial charge is 0.455 e. The molecule has 0 bridgehead atoms. The molecule has 1 aliphatic rings. The average molecular weight is 785 g/mol. The number of carbonyl (C=O) groups excluding carboxylic acids is 5. The Morgan fingerprint density at radius 1 is 0.661 bits per heavy atom. The Hall–Kier alpha value is -5.45. The average Bonchev–Trinajstić information content (AvgIpc) is 3.53. The monoisotopic (exact) mass is 784 g/mol. The molecular weight excluding hydrogens is 733 g/mol. The molecule has 0 unspecified atom stereocenters. The van der Waals surface area contributed by atoms with Crippen LogP contribution in [0.5, 0.6) is 0 Å². The van der Waals surface area contributed by atoms with Gasteiger partial charge < -0.3 is 18.9 Å². The second-order valence-corrected chi connectivity index (χ2v) is 17.8. The van der Waals surface area contributed by atoms with Gasteiger partial charge in [0.1, 0.15) is 12.7 Å². The Labute approximate surface area is 328 Å². The van der Waals surface area contributed by atoms with Gasteiger partial charge in [-0.2, -0.15) is 4.57 Å². The number of nitrogens with zero attached hydrogens (tertiary/aromatic N) is 1. The van der Waals surface area contributed by atoms with Gasteiger partial charge in [0.2, 0.25) is 6.10 Å². The van der Waals surface area contributed by atoms with Crippen LogP contribution >= 0.6 is 7.26 Å². The minimum Gasteiger partial charge on any atom is -0.455 e. The number of esters is 3. The van der Waals surface area contributed by atoms with Gasteiger partial charge in [0.15, 0.2) is 18.5 Å². The van der Waals surface area contributed by atoms with E-state index in [1.54, 1.807) is 18.3 Å². The van der Waals surface area contributed by atoms with Crippen molar-refractivity contribution in [3.05, 3.63) is 121 Å². The molecule has 0 aliphatic carbocycles. The van der Waals surface area contributed by atoms with E-state index >= 15 is 0 Å². The molecule has 12 nitrogen and oxygen atoms in total. The van der Waals surface area contributed by atoms with E-state index in [4.69, 9.17) is 18.9 Å². The van der Waals surface area contributed by atoms with Crippen LogP contribution in [-0.4, -0.2) is 73.9 Å². The van der Waals surface area contributed by atoms with Crippen molar-refractivity contribution in [3.63, 3.8) is 0 Å². The molecular formula is C43H51N3O9P+. The van der Waals surface area contributed by atoms with Crippen LogP contribution in [0, 0.1) is 0 Å². The van der Waals surface area contributed by atoms with Crippen molar-refractivity contribution < 1.29 is 47.5 Å². The number of nitrogens with one attached hydrogen (secondary N) is 2. The molecule has 56 heavy (non-hydrogen) atoms. The molecule has 2 heterocycles. The first-order valence-electron chi connectivity index (χ1n) is 18.9. The van der Waals surface area contributed by atoms with Crippen LogP contribution < -0.4 is 31.1 Å². The smallest absolute Gasteiger partial charge is 0.303 e. The molecule has 4 aromatic rings. The number of amides is 2. The van der Waals surface area contributed by atoms with Crippen LogP contribution in [0.3, 0.4) is 0 Å². The van der Waals surface area contributed by atoms with Gasteiger partial charge in [-0.3, -0.25) is 14.4 Å². The summed E-state index contributed by atoms with van der Waals surface area (Å²) in [6, 6.07) is 35.7. The number of aromatic nitrogens is 1. The van der Waals surface area contributed by atoms with E-state index in [9.17, 15) is 24.0 Å². The summed E-state index contributed by atoms with van der Waals surface area (Å²) < 4.78 is 23.6. The van der Waals surface area contributed by atoms with Gasteiger partial charge in [0.05, 0.1) is 0 Å². The van der Waals surface area contributed by atoms with Gasteiger partial charge in [-0.25, -0.2) is 0 Å². The minimum absolute atomic E-state index is 0.0741. The van der Waals surface area contributed by atoms with E-state index in [0.717, 1.165) is 25.4 Å². The molecule has 4 atom stereocenters. The predicted molar refractivity (Wildman–Crippen MR) is 214 cm³/mol. The molecule has 13 heteroatoms. The molecule has 2 N–H and O–H groups in total. The van der Waals surface area contributed by atoms with Gasteiger partial charge in [0, 0.05) is 26.8 Å². The molecule has 0 saturated carbocycles. The SMILES string of the molecule is CC(=O)OC[C@H]1O[C@@H]([n+]2cccc(C(=O)NCCNC(=O)CCCCC[PH](c3ccccc3)(c3ccccc3)c3ccccc3)c2)[C@H](OC(C)=O)[C@@H]1OC(C)=O. The van der Waals surface area contributed by atoms with Crippen LogP contribution in [0.1, 0.15) is 63.0 Å². The third kappa shape index (κ3) is 11.1. The zero-order chi connectivity index (χ0) is 39.9.